The van der Waals surface area contributed by atoms with E-state index in [0.717, 1.165) is 31.4 Å². The molecule has 1 aromatic heterocycles. The second-order valence-corrected chi connectivity index (χ2v) is 6.31. The summed E-state index contributed by atoms with van der Waals surface area (Å²) < 4.78 is 5.37. The fourth-order valence-electron chi connectivity index (χ4n) is 2.97. The summed E-state index contributed by atoms with van der Waals surface area (Å²) in [5, 5.41) is 14.3. The molecule has 1 N–H and O–H groups in total. The molecule has 3 rings (SSSR count). The molecule has 0 spiro atoms. The molecule has 2 atom stereocenters. The number of benzene rings is 1. The number of likely N-dealkylation sites (tertiary alicyclic amines) is 1. The van der Waals surface area contributed by atoms with Crippen LogP contribution in [-0.4, -0.2) is 38.8 Å². The Morgan fingerprint density at radius 2 is 2.18 bits per heavy atom. The van der Waals surface area contributed by atoms with Crippen molar-refractivity contribution in [2.45, 2.75) is 44.9 Å². The third kappa shape index (κ3) is 3.66. The first kappa shape index (κ1) is 15.5. The first-order chi connectivity index (χ1) is 10.6. The van der Waals surface area contributed by atoms with E-state index in [9.17, 15) is 5.11 Å². The molecule has 0 radical (unpaired) electrons. The Kier molecular flexibility index (Phi) is 4.76. The minimum atomic E-state index is -0.280. The van der Waals surface area contributed by atoms with E-state index >= 15 is 0 Å². The molecule has 0 aliphatic carbocycles. The van der Waals surface area contributed by atoms with Crippen LogP contribution in [0.15, 0.2) is 28.8 Å². The molecule has 0 unspecified atom stereocenters. The lowest BCUT2D eigenvalue weighted by Crippen LogP contribution is -2.31. The van der Waals surface area contributed by atoms with Gasteiger partial charge in [-0.1, -0.05) is 16.8 Å². The summed E-state index contributed by atoms with van der Waals surface area (Å²) in [5.74, 6) is 1.19. The van der Waals surface area contributed by atoms with Crippen LogP contribution in [0.3, 0.4) is 0 Å². The van der Waals surface area contributed by atoms with E-state index in [1.54, 1.807) is 0 Å². The Labute approximate surface area is 134 Å². The van der Waals surface area contributed by atoms with Gasteiger partial charge in [0.25, 0.3) is 0 Å². The van der Waals surface area contributed by atoms with Crippen LogP contribution in [0.4, 0.5) is 0 Å². The average molecular weight is 322 g/mol. The minimum Gasteiger partial charge on any atom is -0.393 e. The lowest BCUT2D eigenvalue weighted by atomic mass is 10.1. The number of hydrogen-bond acceptors (Lipinski definition) is 5. The van der Waals surface area contributed by atoms with E-state index in [1.165, 1.54) is 0 Å². The number of hydrogen-bond donors (Lipinski definition) is 1. The second kappa shape index (κ2) is 6.77. The second-order valence-electron chi connectivity index (χ2n) is 5.87. The Bertz CT molecular complexity index is 612. The zero-order chi connectivity index (χ0) is 15.5. The van der Waals surface area contributed by atoms with E-state index in [0.29, 0.717) is 29.3 Å². The Morgan fingerprint density at radius 1 is 1.41 bits per heavy atom. The Balaban J connectivity index is 1.67. The van der Waals surface area contributed by atoms with Gasteiger partial charge in [0.15, 0.2) is 0 Å². The molecule has 0 amide bonds. The van der Waals surface area contributed by atoms with Crippen LogP contribution in [0.25, 0.3) is 11.4 Å². The monoisotopic (exact) mass is 321 g/mol. The Morgan fingerprint density at radius 3 is 2.91 bits per heavy atom. The highest BCUT2D eigenvalue weighted by Gasteiger charge is 2.27. The van der Waals surface area contributed by atoms with E-state index in [1.807, 2.05) is 31.2 Å². The summed E-state index contributed by atoms with van der Waals surface area (Å²) >= 11 is 5.88. The van der Waals surface area contributed by atoms with Gasteiger partial charge in [0.1, 0.15) is 0 Å². The van der Waals surface area contributed by atoms with Crippen molar-refractivity contribution >= 4 is 11.6 Å². The van der Waals surface area contributed by atoms with Crippen LogP contribution >= 0.6 is 11.6 Å². The first-order valence-electron chi connectivity index (χ1n) is 7.62. The van der Waals surface area contributed by atoms with Crippen LogP contribution in [0, 0.1) is 0 Å². The van der Waals surface area contributed by atoms with Gasteiger partial charge >= 0.3 is 0 Å². The SMILES string of the molecule is C[C@H](O)C[C@@H]1CCCN1Cc1nc(-c2ccc(Cl)cc2)no1. The van der Waals surface area contributed by atoms with E-state index in [2.05, 4.69) is 15.0 Å². The maximum atomic E-state index is 9.58. The van der Waals surface area contributed by atoms with Crippen LogP contribution in [0.5, 0.6) is 0 Å². The molecule has 1 saturated heterocycles. The van der Waals surface area contributed by atoms with Crippen molar-refractivity contribution in [2.24, 2.45) is 0 Å². The van der Waals surface area contributed by atoms with Gasteiger partial charge in [-0.25, -0.2) is 0 Å². The summed E-state index contributed by atoms with van der Waals surface area (Å²) in [4.78, 5) is 6.77. The van der Waals surface area contributed by atoms with Gasteiger partial charge in [-0.15, -0.1) is 0 Å². The molecule has 118 valence electrons. The lowest BCUT2D eigenvalue weighted by Gasteiger charge is -2.23. The van der Waals surface area contributed by atoms with Gasteiger partial charge in [0.2, 0.25) is 11.7 Å². The van der Waals surface area contributed by atoms with Crippen LogP contribution < -0.4 is 0 Å². The number of nitrogens with zero attached hydrogens (tertiary/aromatic N) is 3. The molecule has 2 heterocycles. The topological polar surface area (TPSA) is 62.4 Å². The first-order valence-corrected chi connectivity index (χ1v) is 8.00. The largest absolute Gasteiger partial charge is 0.393 e. The molecule has 1 aromatic carbocycles. The van der Waals surface area contributed by atoms with Gasteiger partial charge in [-0.3, -0.25) is 4.90 Å². The maximum Gasteiger partial charge on any atom is 0.241 e. The summed E-state index contributed by atoms with van der Waals surface area (Å²) in [7, 11) is 0. The van der Waals surface area contributed by atoms with E-state index in [-0.39, 0.29) is 6.10 Å². The van der Waals surface area contributed by atoms with Gasteiger partial charge in [-0.2, -0.15) is 4.98 Å². The van der Waals surface area contributed by atoms with E-state index in [4.69, 9.17) is 16.1 Å². The molecule has 1 aliphatic rings. The van der Waals surface area contributed by atoms with Crippen LogP contribution in [0.2, 0.25) is 5.02 Å². The summed E-state index contributed by atoms with van der Waals surface area (Å²) in [6.07, 6.45) is 2.77. The summed E-state index contributed by atoms with van der Waals surface area (Å²) in [5.41, 5.74) is 0.890. The van der Waals surface area contributed by atoms with Crippen molar-refractivity contribution in [1.82, 2.24) is 15.0 Å². The normalized spacial score (nSPS) is 20.4. The Hall–Kier alpha value is -1.43. The van der Waals surface area contributed by atoms with Gasteiger partial charge in [-0.05, 0) is 57.0 Å². The maximum absolute atomic E-state index is 9.58. The number of aliphatic hydroxyl groups excluding tert-OH is 1. The standard InChI is InChI=1S/C16H20ClN3O2/c1-11(21)9-14-3-2-8-20(14)10-15-18-16(19-22-15)12-4-6-13(17)7-5-12/h4-7,11,14,21H,2-3,8-10H2,1H3/t11-,14-/m0/s1. The number of aromatic nitrogens is 2. The highest BCUT2D eigenvalue weighted by atomic mass is 35.5. The predicted molar refractivity (Wildman–Crippen MR) is 84.5 cm³/mol. The minimum absolute atomic E-state index is 0.280. The lowest BCUT2D eigenvalue weighted by molar-refractivity contribution is 0.124. The van der Waals surface area contributed by atoms with E-state index < -0.39 is 0 Å². The number of aliphatic hydroxyl groups is 1. The highest BCUT2D eigenvalue weighted by molar-refractivity contribution is 6.30. The molecule has 0 saturated carbocycles. The number of rotatable bonds is 5. The van der Waals surface area contributed by atoms with Crippen molar-refractivity contribution in [3.8, 4) is 11.4 Å². The fourth-order valence-corrected chi connectivity index (χ4v) is 3.10. The van der Waals surface area contributed by atoms with Crippen molar-refractivity contribution in [3.05, 3.63) is 35.2 Å². The predicted octanol–water partition coefficient (Wildman–Crippen LogP) is 3.13. The van der Waals surface area contributed by atoms with Gasteiger partial charge < -0.3 is 9.63 Å². The van der Waals surface area contributed by atoms with Gasteiger partial charge in [0, 0.05) is 16.6 Å². The molecule has 1 aliphatic heterocycles. The quantitative estimate of drug-likeness (QED) is 0.916. The van der Waals surface area contributed by atoms with Crippen LogP contribution in [0.1, 0.15) is 32.1 Å². The summed E-state index contributed by atoms with van der Waals surface area (Å²) in [6.45, 7) is 3.48. The van der Waals surface area contributed by atoms with Crippen molar-refractivity contribution in [1.29, 1.82) is 0 Å². The molecule has 1 fully saturated rings. The molecular formula is C16H20ClN3O2. The zero-order valence-electron chi connectivity index (χ0n) is 12.6. The third-order valence-electron chi connectivity index (χ3n) is 4.02. The van der Waals surface area contributed by atoms with Crippen LogP contribution in [-0.2, 0) is 6.54 Å². The average Bonchev–Trinajstić information content (AvgIpc) is 3.10. The zero-order valence-corrected chi connectivity index (χ0v) is 13.3. The summed E-state index contributed by atoms with van der Waals surface area (Å²) in [6, 6.07) is 7.77. The molecule has 6 heteroatoms. The molecule has 2 aromatic rings. The van der Waals surface area contributed by atoms with Gasteiger partial charge in [0.05, 0.1) is 12.6 Å². The van der Waals surface area contributed by atoms with Crippen molar-refractivity contribution < 1.29 is 9.63 Å². The fraction of sp³-hybridized carbons (Fsp3) is 0.500. The van der Waals surface area contributed by atoms with Crippen molar-refractivity contribution in [2.75, 3.05) is 6.54 Å². The third-order valence-corrected chi connectivity index (χ3v) is 4.27. The molecule has 5 nitrogen and oxygen atoms in total. The molecule has 0 bridgehead atoms. The molecular weight excluding hydrogens is 302 g/mol. The molecule has 22 heavy (non-hydrogen) atoms. The highest BCUT2D eigenvalue weighted by Crippen LogP contribution is 2.24. The van der Waals surface area contributed by atoms with Crippen molar-refractivity contribution in [3.63, 3.8) is 0 Å². The smallest absolute Gasteiger partial charge is 0.241 e. The number of halogens is 1.